The number of aryl methyl sites for hydroxylation is 1. The van der Waals surface area contributed by atoms with Crippen molar-refractivity contribution >= 4 is 23.1 Å². The lowest BCUT2D eigenvalue weighted by Crippen LogP contribution is -2.04. The Bertz CT molecular complexity index is 668. The van der Waals surface area contributed by atoms with Crippen LogP contribution >= 0.6 is 11.3 Å². The van der Waals surface area contributed by atoms with Crippen molar-refractivity contribution < 1.29 is 19.6 Å². The van der Waals surface area contributed by atoms with Crippen molar-refractivity contribution in [3.05, 3.63) is 49.8 Å². The van der Waals surface area contributed by atoms with E-state index in [0.29, 0.717) is 11.3 Å². The Morgan fingerprint density at radius 1 is 1.50 bits per heavy atom. The number of pyridine rings is 1. The summed E-state index contributed by atoms with van der Waals surface area (Å²) in [6, 6.07) is 4.66. The van der Waals surface area contributed by atoms with E-state index in [1.807, 2.05) is 0 Å². The van der Waals surface area contributed by atoms with Gasteiger partial charge in [-0.15, -0.1) is 11.3 Å². The predicted octanol–water partition coefficient (Wildman–Crippen LogP) is 2.64. The molecule has 0 unspecified atom stereocenters. The van der Waals surface area contributed by atoms with Crippen LogP contribution in [-0.2, 0) is 6.61 Å². The molecule has 0 bridgehead atoms. The van der Waals surface area contributed by atoms with Gasteiger partial charge in [-0.3, -0.25) is 0 Å². The first-order valence-corrected chi connectivity index (χ1v) is 6.41. The number of hydrogen-bond acceptors (Lipinski definition) is 6. The van der Waals surface area contributed by atoms with Gasteiger partial charge in [-0.05, 0) is 33.5 Å². The summed E-state index contributed by atoms with van der Waals surface area (Å²) in [6.45, 7) is 1.58. The Hall–Kier alpha value is -2.48. The second-order valence-corrected chi connectivity index (χ2v) is 4.82. The van der Waals surface area contributed by atoms with Crippen LogP contribution in [-0.4, -0.2) is 21.0 Å². The maximum Gasteiger partial charge on any atom is 0.406 e. The monoisotopic (exact) mass is 294 g/mol. The second-order valence-electron chi connectivity index (χ2n) is 3.90. The van der Waals surface area contributed by atoms with Crippen molar-refractivity contribution in [2.75, 3.05) is 0 Å². The third-order valence-electron chi connectivity index (χ3n) is 2.48. The highest BCUT2D eigenvalue weighted by atomic mass is 32.1. The fourth-order valence-electron chi connectivity index (χ4n) is 1.57. The minimum atomic E-state index is -1.05. The van der Waals surface area contributed by atoms with Crippen molar-refractivity contribution in [3.63, 3.8) is 0 Å². The molecule has 2 rings (SSSR count). The van der Waals surface area contributed by atoms with Crippen LogP contribution in [0, 0.1) is 17.0 Å². The molecule has 1 N–H and O–H groups in total. The average molecular weight is 294 g/mol. The Morgan fingerprint density at radius 2 is 2.25 bits per heavy atom. The van der Waals surface area contributed by atoms with Crippen LogP contribution in [0.5, 0.6) is 5.75 Å². The molecular formula is C12H10N2O5S. The number of carbonyl (C=O) groups is 1. The van der Waals surface area contributed by atoms with Crippen molar-refractivity contribution in [1.82, 2.24) is 4.98 Å². The number of nitro groups is 1. The van der Waals surface area contributed by atoms with Crippen LogP contribution in [0.3, 0.4) is 0 Å². The molecule has 2 aromatic rings. The van der Waals surface area contributed by atoms with E-state index in [-0.39, 0.29) is 23.1 Å². The molecule has 0 saturated carbocycles. The van der Waals surface area contributed by atoms with E-state index in [0.717, 1.165) is 11.3 Å². The van der Waals surface area contributed by atoms with E-state index in [4.69, 9.17) is 9.84 Å². The van der Waals surface area contributed by atoms with Gasteiger partial charge < -0.3 is 20.0 Å². The summed E-state index contributed by atoms with van der Waals surface area (Å²) < 4.78 is 5.33. The quantitative estimate of drug-likeness (QED) is 0.671. The fraction of sp³-hybridized carbons (Fsp3) is 0.167. The van der Waals surface area contributed by atoms with Gasteiger partial charge in [0.2, 0.25) is 5.75 Å². The highest BCUT2D eigenvalue weighted by molar-refractivity contribution is 7.12. The van der Waals surface area contributed by atoms with Gasteiger partial charge in [0.1, 0.15) is 17.2 Å². The Kier molecular flexibility index (Phi) is 3.94. The van der Waals surface area contributed by atoms with Gasteiger partial charge >= 0.3 is 11.8 Å². The average Bonchev–Trinajstić information content (AvgIpc) is 2.85. The molecule has 2 heterocycles. The lowest BCUT2D eigenvalue weighted by atomic mass is 10.3. The van der Waals surface area contributed by atoms with Crippen LogP contribution in [0.1, 0.15) is 20.9 Å². The van der Waals surface area contributed by atoms with E-state index < -0.39 is 10.9 Å². The lowest BCUT2D eigenvalue weighted by Gasteiger charge is -2.06. The predicted molar refractivity (Wildman–Crippen MR) is 71.2 cm³/mol. The van der Waals surface area contributed by atoms with Crippen molar-refractivity contribution in [1.29, 1.82) is 0 Å². The first-order chi connectivity index (χ1) is 9.49. The molecule has 0 aromatic carbocycles. The molecule has 104 valence electrons. The molecule has 2 aromatic heterocycles. The van der Waals surface area contributed by atoms with Crippen LogP contribution < -0.4 is 4.74 Å². The van der Waals surface area contributed by atoms with Gasteiger partial charge in [0.05, 0.1) is 0 Å². The van der Waals surface area contributed by atoms with Crippen LogP contribution in [0.4, 0.5) is 5.82 Å². The number of carboxylic acids is 1. The third kappa shape index (κ3) is 2.91. The van der Waals surface area contributed by atoms with Gasteiger partial charge in [-0.1, -0.05) is 0 Å². The summed E-state index contributed by atoms with van der Waals surface area (Å²) >= 11 is 1.08. The first kappa shape index (κ1) is 13.9. The maximum absolute atomic E-state index is 10.9. The minimum Gasteiger partial charge on any atom is -0.481 e. The molecule has 7 nitrogen and oxygen atoms in total. The number of thiophene rings is 1. The van der Waals surface area contributed by atoms with Crippen molar-refractivity contribution in [3.8, 4) is 5.75 Å². The Labute approximate surface area is 117 Å². The van der Waals surface area contributed by atoms with Crippen LogP contribution in [0.2, 0.25) is 0 Å². The molecule has 0 atom stereocenters. The molecular weight excluding hydrogens is 284 g/mol. The molecule has 0 fully saturated rings. The third-order valence-corrected chi connectivity index (χ3v) is 3.42. The number of carboxylic acid groups (broad SMARTS) is 1. The minimum absolute atomic E-state index is 0.0168. The molecule has 0 aliphatic heterocycles. The maximum atomic E-state index is 10.9. The van der Waals surface area contributed by atoms with Gasteiger partial charge in [0.15, 0.2) is 0 Å². The highest BCUT2D eigenvalue weighted by Crippen LogP contribution is 2.26. The van der Waals surface area contributed by atoms with Crippen molar-refractivity contribution in [2.24, 2.45) is 0 Å². The Balaban J connectivity index is 2.21. The molecule has 0 spiro atoms. The molecule has 0 radical (unpaired) electrons. The molecule has 20 heavy (non-hydrogen) atoms. The number of hydrogen-bond donors (Lipinski definition) is 1. The number of aromatic carboxylic acids is 1. The van der Waals surface area contributed by atoms with Gasteiger partial charge in [-0.25, -0.2) is 4.79 Å². The summed E-state index contributed by atoms with van der Waals surface area (Å²) in [7, 11) is 0. The molecule has 0 amide bonds. The largest absolute Gasteiger partial charge is 0.481 e. The van der Waals surface area contributed by atoms with Crippen molar-refractivity contribution in [2.45, 2.75) is 13.5 Å². The van der Waals surface area contributed by atoms with E-state index >= 15 is 0 Å². The van der Waals surface area contributed by atoms with Crippen LogP contribution in [0.25, 0.3) is 0 Å². The summed E-state index contributed by atoms with van der Waals surface area (Å²) in [5, 5.41) is 21.5. The second kappa shape index (κ2) is 5.66. The van der Waals surface area contributed by atoms with Crippen LogP contribution in [0.15, 0.2) is 23.6 Å². The topological polar surface area (TPSA) is 103 Å². The van der Waals surface area contributed by atoms with Gasteiger partial charge in [-0.2, -0.15) is 0 Å². The number of nitrogens with zero attached hydrogens (tertiary/aromatic N) is 2. The smallest absolute Gasteiger partial charge is 0.406 e. The standard InChI is InChI=1S/C12H10N2O5S/c1-7-2-3-9(11(13-7)14(17)18)19-6-8-4-5-20-10(8)12(15)16/h2-5H,6H2,1H3,(H,15,16). The summed E-state index contributed by atoms with van der Waals surface area (Å²) in [6.07, 6.45) is 0. The molecule has 0 saturated heterocycles. The van der Waals surface area contributed by atoms with E-state index in [9.17, 15) is 14.9 Å². The zero-order chi connectivity index (χ0) is 14.7. The zero-order valence-electron chi connectivity index (χ0n) is 10.4. The number of rotatable bonds is 5. The molecule has 0 aliphatic rings. The summed E-state index contributed by atoms with van der Waals surface area (Å²) in [5.74, 6) is -1.41. The molecule has 0 aliphatic carbocycles. The first-order valence-electron chi connectivity index (χ1n) is 5.53. The van der Waals surface area contributed by atoms with Gasteiger partial charge in [0.25, 0.3) is 0 Å². The number of aromatic nitrogens is 1. The van der Waals surface area contributed by atoms with Gasteiger partial charge in [0, 0.05) is 12.5 Å². The van der Waals surface area contributed by atoms with E-state index in [2.05, 4.69) is 4.98 Å². The summed E-state index contributed by atoms with van der Waals surface area (Å²) in [5.41, 5.74) is 0.975. The SMILES string of the molecule is Cc1ccc(OCc2ccsc2C(=O)O)c([N+](=O)[O-])n1. The molecule has 8 heteroatoms. The normalized spacial score (nSPS) is 10.2. The highest BCUT2D eigenvalue weighted by Gasteiger charge is 2.19. The lowest BCUT2D eigenvalue weighted by molar-refractivity contribution is -0.390. The fourth-order valence-corrected chi connectivity index (χ4v) is 2.31. The number of ether oxygens (including phenoxy) is 1. The summed E-state index contributed by atoms with van der Waals surface area (Å²) in [4.78, 5) is 25.2. The zero-order valence-corrected chi connectivity index (χ0v) is 11.2. The van der Waals surface area contributed by atoms with E-state index in [1.54, 1.807) is 24.4 Å². The Morgan fingerprint density at radius 3 is 2.90 bits per heavy atom. The van der Waals surface area contributed by atoms with E-state index in [1.165, 1.54) is 6.07 Å².